The predicted molar refractivity (Wildman–Crippen MR) is 159 cm³/mol. The second-order valence-electron chi connectivity index (χ2n) is 10.8. The number of hydrogen-bond donors (Lipinski definition) is 1. The first-order valence-electron chi connectivity index (χ1n) is 14.3. The zero-order valence-corrected chi connectivity index (χ0v) is 28.1. The van der Waals surface area contributed by atoms with E-state index in [0.717, 1.165) is 27.7 Å². The standard InChI is InChI=1S/C29H34Cl3NO14/c1-12-19(40-13(2)34)21(41-14(3)35)23(42-15(4)36)26(39-12)46-22-20-18(11-38-25(45-20)17-9-7-6-8-10-17)44-27(24(22)43-16(5)37)47-28(33)29(30,31)32/h6-10,12,18-27,33H,11H2,1-5H3/t12-,18+,19-,20+,21+,22-,23+,24+,25+,26-,27?/m0/s1. The number of ether oxygens (including phenoxy) is 10. The van der Waals surface area contributed by atoms with Gasteiger partial charge < -0.3 is 47.4 Å². The molecule has 0 radical (unpaired) electrons. The average molecular weight is 727 g/mol. The Morgan fingerprint density at radius 3 is 1.81 bits per heavy atom. The number of rotatable bonds is 8. The highest BCUT2D eigenvalue weighted by atomic mass is 35.6. The molecule has 0 aromatic heterocycles. The van der Waals surface area contributed by atoms with Crippen molar-refractivity contribution in [2.24, 2.45) is 0 Å². The summed E-state index contributed by atoms with van der Waals surface area (Å²) in [6.07, 6.45) is -14.2. The summed E-state index contributed by atoms with van der Waals surface area (Å²) in [5.41, 5.74) is 0.643. The first-order chi connectivity index (χ1) is 22.0. The maximum Gasteiger partial charge on any atom is 0.303 e. The average Bonchev–Trinajstić information content (AvgIpc) is 2.97. The summed E-state index contributed by atoms with van der Waals surface area (Å²) in [6.45, 7) is 5.90. The van der Waals surface area contributed by atoms with Crippen LogP contribution in [0.25, 0.3) is 0 Å². The molecule has 3 aliphatic rings. The van der Waals surface area contributed by atoms with E-state index in [2.05, 4.69) is 0 Å². The van der Waals surface area contributed by atoms with E-state index < -0.39 is 101 Å². The van der Waals surface area contributed by atoms with Crippen LogP contribution in [0.3, 0.4) is 0 Å². The third kappa shape index (κ3) is 9.44. The zero-order valence-electron chi connectivity index (χ0n) is 25.8. The molecule has 1 aromatic rings. The molecule has 0 spiro atoms. The third-order valence-electron chi connectivity index (χ3n) is 7.07. The Morgan fingerprint density at radius 2 is 1.26 bits per heavy atom. The normalized spacial score (nSPS) is 33.8. The van der Waals surface area contributed by atoms with Gasteiger partial charge in [-0.1, -0.05) is 65.1 Å². The smallest absolute Gasteiger partial charge is 0.303 e. The van der Waals surface area contributed by atoms with Crippen LogP contribution >= 0.6 is 34.8 Å². The molecule has 1 unspecified atom stereocenters. The van der Waals surface area contributed by atoms with Gasteiger partial charge in [0.25, 0.3) is 3.79 Å². The molecule has 0 saturated carbocycles. The van der Waals surface area contributed by atoms with E-state index in [1.165, 1.54) is 6.92 Å². The van der Waals surface area contributed by atoms with E-state index in [1.807, 2.05) is 6.07 Å². The fourth-order valence-corrected chi connectivity index (χ4v) is 5.44. The van der Waals surface area contributed by atoms with Gasteiger partial charge in [-0.2, -0.15) is 0 Å². The van der Waals surface area contributed by atoms with Crippen molar-refractivity contribution in [1.29, 1.82) is 5.41 Å². The van der Waals surface area contributed by atoms with Gasteiger partial charge in [0.1, 0.15) is 18.3 Å². The van der Waals surface area contributed by atoms with Crippen molar-refractivity contribution in [3.63, 3.8) is 0 Å². The van der Waals surface area contributed by atoms with Gasteiger partial charge in [-0.15, -0.1) is 0 Å². The van der Waals surface area contributed by atoms with E-state index in [4.69, 9.17) is 87.6 Å². The molecule has 15 nitrogen and oxygen atoms in total. The van der Waals surface area contributed by atoms with Crippen LogP contribution < -0.4 is 0 Å². The molecule has 3 saturated heterocycles. The minimum Gasteiger partial charge on any atom is -0.456 e. The Balaban J connectivity index is 1.76. The van der Waals surface area contributed by atoms with E-state index in [1.54, 1.807) is 24.3 Å². The quantitative estimate of drug-likeness (QED) is 0.136. The van der Waals surface area contributed by atoms with Crippen LogP contribution in [0.15, 0.2) is 30.3 Å². The van der Waals surface area contributed by atoms with Crippen LogP contribution in [0.1, 0.15) is 46.5 Å². The maximum absolute atomic E-state index is 12.4. The summed E-state index contributed by atoms with van der Waals surface area (Å²) in [4.78, 5) is 48.8. The molecule has 0 bridgehead atoms. The lowest BCUT2D eigenvalue weighted by molar-refractivity contribution is -0.385. The summed E-state index contributed by atoms with van der Waals surface area (Å²) in [6, 6.07) is 8.90. The fraction of sp³-hybridized carbons (Fsp3) is 0.621. The topological polar surface area (TPSA) is 184 Å². The summed E-state index contributed by atoms with van der Waals surface area (Å²) in [5, 5.41) is 8.14. The molecular formula is C29H34Cl3NO14. The highest BCUT2D eigenvalue weighted by Crippen LogP contribution is 2.40. The van der Waals surface area contributed by atoms with Crippen LogP contribution in [0.4, 0.5) is 0 Å². The monoisotopic (exact) mass is 725 g/mol. The lowest BCUT2D eigenvalue weighted by atomic mass is 9.95. The van der Waals surface area contributed by atoms with Gasteiger partial charge in [0, 0.05) is 33.3 Å². The number of benzene rings is 1. The molecule has 3 heterocycles. The van der Waals surface area contributed by atoms with Crippen molar-refractivity contribution < 1.29 is 66.5 Å². The van der Waals surface area contributed by atoms with Gasteiger partial charge in [-0.3, -0.25) is 24.6 Å². The lowest BCUT2D eigenvalue weighted by Gasteiger charge is -2.50. The Labute approximate surface area is 284 Å². The van der Waals surface area contributed by atoms with Crippen LogP contribution in [0.5, 0.6) is 0 Å². The van der Waals surface area contributed by atoms with Gasteiger partial charge >= 0.3 is 23.9 Å². The number of hydrogen-bond acceptors (Lipinski definition) is 15. The predicted octanol–water partition coefficient (Wildman–Crippen LogP) is 3.05. The molecular weight excluding hydrogens is 693 g/mol. The Bertz CT molecular complexity index is 1310. The first kappa shape index (κ1) is 37.1. The molecule has 0 aliphatic carbocycles. The molecule has 4 rings (SSSR count). The Hall–Kier alpha value is -2.76. The van der Waals surface area contributed by atoms with Crippen molar-refractivity contribution in [1.82, 2.24) is 0 Å². The van der Waals surface area contributed by atoms with Crippen molar-refractivity contribution >= 4 is 64.6 Å². The molecule has 3 fully saturated rings. The largest absolute Gasteiger partial charge is 0.456 e. The SMILES string of the molecule is CC(=O)O[C@@H]1[C@@H](OC(C)=O)[C@H](C)O[C@@H](O[C@H]2[C@@H]3O[C@H](c4ccccc4)OC[C@H]3OC(OC(=N)C(Cl)(Cl)Cl)[C@@H]2OC(C)=O)[C@@H]1OC(C)=O. The second-order valence-corrected chi connectivity index (χ2v) is 13.1. The number of esters is 4. The summed E-state index contributed by atoms with van der Waals surface area (Å²) < 4.78 is 55.9. The fourth-order valence-electron chi connectivity index (χ4n) is 5.31. The highest BCUT2D eigenvalue weighted by molar-refractivity contribution is 6.76. The van der Waals surface area contributed by atoms with Crippen molar-refractivity contribution in [2.45, 2.75) is 106 Å². The van der Waals surface area contributed by atoms with Crippen molar-refractivity contribution in [3.8, 4) is 0 Å². The Kier molecular flexibility index (Phi) is 12.3. The number of nitrogens with one attached hydrogen (secondary N) is 1. The summed E-state index contributed by atoms with van der Waals surface area (Å²) in [5.74, 6) is -3.98. The van der Waals surface area contributed by atoms with Gasteiger partial charge in [0.05, 0.1) is 12.7 Å². The van der Waals surface area contributed by atoms with E-state index in [0.29, 0.717) is 5.56 Å². The number of carbonyl (C=O) groups is 4. The number of carbonyl (C=O) groups excluding carboxylic acids is 4. The minimum absolute atomic E-state index is 0.0995. The van der Waals surface area contributed by atoms with Gasteiger partial charge in [-0.25, -0.2) is 0 Å². The van der Waals surface area contributed by atoms with E-state index in [9.17, 15) is 19.2 Å². The van der Waals surface area contributed by atoms with Crippen LogP contribution in [-0.2, 0) is 66.5 Å². The van der Waals surface area contributed by atoms with Crippen molar-refractivity contribution in [3.05, 3.63) is 35.9 Å². The van der Waals surface area contributed by atoms with E-state index in [-0.39, 0.29) is 6.61 Å². The zero-order chi connectivity index (χ0) is 34.6. The molecule has 1 aromatic carbocycles. The van der Waals surface area contributed by atoms with Crippen LogP contribution in [-0.4, -0.2) is 102 Å². The van der Waals surface area contributed by atoms with Crippen LogP contribution in [0, 0.1) is 5.41 Å². The maximum atomic E-state index is 12.4. The van der Waals surface area contributed by atoms with Gasteiger partial charge in [0.2, 0.25) is 12.2 Å². The highest BCUT2D eigenvalue weighted by Gasteiger charge is 2.58. The Morgan fingerprint density at radius 1 is 0.723 bits per heavy atom. The van der Waals surface area contributed by atoms with Crippen LogP contribution in [0.2, 0.25) is 0 Å². The second kappa shape index (κ2) is 15.6. The third-order valence-corrected chi connectivity index (χ3v) is 7.59. The summed E-state index contributed by atoms with van der Waals surface area (Å²) in [7, 11) is 0. The number of alkyl halides is 3. The minimum atomic E-state index is -2.32. The molecule has 11 atom stereocenters. The van der Waals surface area contributed by atoms with Gasteiger partial charge in [0.15, 0.2) is 37.0 Å². The molecule has 260 valence electrons. The lowest BCUT2D eigenvalue weighted by Crippen LogP contribution is -2.67. The summed E-state index contributed by atoms with van der Waals surface area (Å²) >= 11 is 17.6. The molecule has 3 aliphatic heterocycles. The molecule has 47 heavy (non-hydrogen) atoms. The number of fused-ring (bicyclic) bond motifs is 1. The van der Waals surface area contributed by atoms with Crippen molar-refractivity contribution in [2.75, 3.05) is 6.61 Å². The molecule has 18 heteroatoms. The number of halogens is 3. The van der Waals surface area contributed by atoms with Gasteiger partial charge in [-0.05, 0) is 6.92 Å². The molecule has 0 amide bonds. The van der Waals surface area contributed by atoms with E-state index >= 15 is 0 Å². The molecule has 1 N–H and O–H groups in total. The first-order valence-corrected chi connectivity index (χ1v) is 15.5.